The van der Waals surface area contributed by atoms with E-state index in [0.717, 1.165) is 0 Å². The molecule has 0 atom stereocenters. The lowest BCUT2D eigenvalue weighted by Crippen LogP contribution is -2.46. The van der Waals surface area contributed by atoms with Crippen molar-refractivity contribution < 1.29 is 17.9 Å². The largest absolute Gasteiger partial charge is 0.497 e. The van der Waals surface area contributed by atoms with Crippen LogP contribution in [0.2, 0.25) is 0 Å². The van der Waals surface area contributed by atoms with E-state index in [0.29, 0.717) is 48.6 Å². The zero-order chi connectivity index (χ0) is 19.6. The summed E-state index contributed by atoms with van der Waals surface area (Å²) in [5.41, 5.74) is 1.57. The maximum Gasteiger partial charge on any atom is 0.253 e. The first-order valence-electron chi connectivity index (χ1n) is 8.79. The van der Waals surface area contributed by atoms with Gasteiger partial charge in [0.25, 0.3) is 5.91 Å². The lowest BCUT2D eigenvalue weighted by atomic mass is 10.0. The summed E-state index contributed by atoms with van der Waals surface area (Å²) >= 11 is 0. The number of rotatable bonds is 5. The van der Waals surface area contributed by atoms with E-state index >= 15 is 0 Å². The van der Waals surface area contributed by atoms with Gasteiger partial charge in [-0.1, -0.05) is 0 Å². The molecule has 2 aromatic rings. The molecule has 9 heteroatoms. The van der Waals surface area contributed by atoms with Gasteiger partial charge in [0, 0.05) is 24.7 Å². The van der Waals surface area contributed by atoms with E-state index in [2.05, 4.69) is 14.9 Å². The van der Waals surface area contributed by atoms with E-state index in [1.165, 1.54) is 0 Å². The number of carbonyl (C=O) groups excluding carboxylic acids is 1. The van der Waals surface area contributed by atoms with Crippen molar-refractivity contribution in [1.82, 2.24) is 19.8 Å². The first-order valence-corrected chi connectivity index (χ1v) is 10.3. The number of hydrogen-bond acceptors (Lipinski definition) is 5. The fraction of sp³-hybridized carbons (Fsp3) is 0.444. The van der Waals surface area contributed by atoms with Crippen molar-refractivity contribution in [3.63, 3.8) is 0 Å². The molecule has 1 aromatic carbocycles. The highest BCUT2D eigenvalue weighted by Gasteiger charge is 2.29. The van der Waals surface area contributed by atoms with Gasteiger partial charge in [0.15, 0.2) is 0 Å². The Hall–Kier alpha value is -2.39. The fourth-order valence-corrected chi connectivity index (χ4v) is 5.01. The summed E-state index contributed by atoms with van der Waals surface area (Å²) in [5, 5.41) is 6.65. The van der Waals surface area contributed by atoms with Crippen LogP contribution in [0.15, 0.2) is 29.2 Å². The van der Waals surface area contributed by atoms with E-state index in [-0.39, 0.29) is 16.8 Å². The molecule has 27 heavy (non-hydrogen) atoms. The molecule has 0 spiro atoms. The number of amides is 1. The number of aromatic nitrogens is 2. The average Bonchev–Trinajstić information content (AvgIpc) is 3.00. The van der Waals surface area contributed by atoms with Crippen LogP contribution in [0.25, 0.3) is 0 Å². The second-order valence-electron chi connectivity index (χ2n) is 6.68. The average molecular weight is 392 g/mol. The molecule has 0 saturated carbocycles. The first-order chi connectivity index (χ1) is 12.8. The van der Waals surface area contributed by atoms with Crippen LogP contribution in [0.1, 0.15) is 34.6 Å². The number of sulfonamides is 1. The molecule has 1 aromatic heterocycles. The van der Waals surface area contributed by atoms with Crippen LogP contribution in [0.4, 0.5) is 0 Å². The quantitative estimate of drug-likeness (QED) is 0.805. The number of aryl methyl sites for hydroxylation is 2. The van der Waals surface area contributed by atoms with Crippen LogP contribution in [-0.2, 0) is 10.0 Å². The normalized spacial score (nSPS) is 15.7. The summed E-state index contributed by atoms with van der Waals surface area (Å²) in [6.45, 7) is 4.35. The van der Waals surface area contributed by atoms with Gasteiger partial charge in [-0.3, -0.25) is 9.89 Å². The van der Waals surface area contributed by atoms with E-state index < -0.39 is 10.0 Å². The number of methoxy groups -OCH3 is 1. The second kappa shape index (κ2) is 7.69. The topological polar surface area (TPSA) is 104 Å². The molecule has 1 saturated heterocycles. The van der Waals surface area contributed by atoms with Crippen molar-refractivity contribution in [2.45, 2.75) is 37.6 Å². The molecule has 0 aliphatic carbocycles. The lowest BCUT2D eigenvalue weighted by molar-refractivity contribution is 0.0711. The number of carbonyl (C=O) groups is 1. The number of likely N-dealkylation sites (tertiary alicyclic amines) is 1. The van der Waals surface area contributed by atoms with Gasteiger partial charge in [-0.25, -0.2) is 13.1 Å². The zero-order valence-electron chi connectivity index (χ0n) is 15.7. The van der Waals surface area contributed by atoms with Crippen LogP contribution < -0.4 is 9.46 Å². The Bertz CT molecular complexity index is 894. The number of benzene rings is 1. The molecular formula is C18H24N4O4S. The molecule has 1 amide bonds. The van der Waals surface area contributed by atoms with E-state index in [9.17, 15) is 13.2 Å². The molecule has 3 rings (SSSR count). The second-order valence-corrected chi connectivity index (χ2v) is 8.33. The number of hydrogen-bond donors (Lipinski definition) is 2. The highest BCUT2D eigenvalue weighted by Crippen LogP contribution is 2.21. The van der Waals surface area contributed by atoms with Crippen LogP contribution >= 0.6 is 0 Å². The monoisotopic (exact) mass is 392 g/mol. The minimum atomic E-state index is -3.64. The minimum absolute atomic E-state index is 0.0551. The van der Waals surface area contributed by atoms with Gasteiger partial charge in [-0.2, -0.15) is 5.10 Å². The third-order valence-electron chi connectivity index (χ3n) is 4.77. The van der Waals surface area contributed by atoms with Gasteiger partial charge in [0.05, 0.1) is 18.5 Å². The summed E-state index contributed by atoms with van der Waals surface area (Å²) in [6, 6.07) is 6.78. The van der Waals surface area contributed by atoms with Crippen molar-refractivity contribution in [2.75, 3.05) is 20.2 Å². The maximum absolute atomic E-state index is 12.6. The molecular weight excluding hydrogens is 368 g/mol. The van der Waals surface area contributed by atoms with Crippen LogP contribution in [0.5, 0.6) is 5.75 Å². The molecule has 0 bridgehead atoms. The molecule has 0 unspecified atom stereocenters. The first kappa shape index (κ1) is 19.4. The Balaban J connectivity index is 1.61. The maximum atomic E-state index is 12.6. The fourth-order valence-electron chi connectivity index (χ4n) is 3.33. The minimum Gasteiger partial charge on any atom is -0.497 e. The van der Waals surface area contributed by atoms with Crippen molar-refractivity contribution in [2.24, 2.45) is 0 Å². The van der Waals surface area contributed by atoms with Gasteiger partial charge < -0.3 is 9.64 Å². The SMILES string of the molecule is COc1ccc(C(=O)N2CCC(NS(=O)(=O)c3c(C)n[nH]c3C)CC2)cc1. The standard InChI is InChI=1S/C18H24N4O4S/c1-12-17(13(2)20-19-12)27(24,25)21-15-8-10-22(11-9-15)18(23)14-4-6-16(26-3)7-5-14/h4-7,15,21H,8-11H2,1-3H3,(H,19,20). The lowest BCUT2D eigenvalue weighted by Gasteiger charge is -2.32. The molecule has 1 fully saturated rings. The van der Waals surface area contributed by atoms with Crippen molar-refractivity contribution in [3.05, 3.63) is 41.2 Å². The van der Waals surface area contributed by atoms with Crippen LogP contribution in [0, 0.1) is 13.8 Å². The summed E-state index contributed by atoms with van der Waals surface area (Å²) < 4.78 is 33.1. The van der Waals surface area contributed by atoms with Gasteiger partial charge in [0.1, 0.15) is 10.6 Å². The zero-order valence-corrected chi connectivity index (χ0v) is 16.5. The summed E-state index contributed by atoms with van der Waals surface area (Å²) in [4.78, 5) is 14.6. The predicted octanol–water partition coefficient (Wildman–Crippen LogP) is 1.62. The van der Waals surface area contributed by atoms with Crippen molar-refractivity contribution >= 4 is 15.9 Å². The summed E-state index contributed by atoms with van der Waals surface area (Å²) in [5.74, 6) is 0.644. The number of nitrogens with one attached hydrogen (secondary N) is 2. The number of piperidine rings is 1. The molecule has 2 heterocycles. The van der Waals surface area contributed by atoms with Gasteiger partial charge in [0.2, 0.25) is 10.0 Å². The molecule has 0 radical (unpaired) electrons. The van der Waals surface area contributed by atoms with E-state index in [1.54, 1.807) is 50.1 Å². The van der Waals surface area contributed by atoms with E-state index in [4.69, 9.17) is 4.74 Å². The van der Waals surface area contributed by atoms with Crippen molar-refractivity contribution in [3.8, 4) is 5.75 Å². The summed E-state index contributed by atoms with van der Waals surface area (Å²) in [6.07, 6.45) is 1.13. The number of ether oxygens (including phenoxy) is 1. The number of H-pyrrole nitrogens is 1. The summed E-state index contributed by atoms with van der Waals surface area (Å²) in [7, 11) is -2.06. The van der Waals surface area contributed by atoms with E-state index in [1.807, 2.05) is 0 Å². The highest BCUT2D eigenvalue weighted by atomic mass is 32.2. The van der Waals surface area contributed by atoms with Crippen LogP contribution in [-0.4, -0.2) is 55.7 Å². The molecule has 8 nitrogen and oxygen atoms in total. The molecule has 146 valence electrons. The van der Waals surface area contributed by atoms with Crippen molar-refractivity contribution in [1.29, 1.82) is 0 Å². The highest BCUT2D eigenvalue weighted by molar-refractivity contribution is 7.89. The van der Waals surface area contributed by atoms with Crippen LogP contribution in [0.3, 0.4) is 0 Å². The molecule has 1 aliphatic heterocycles. The Labute approximate surface area is 159 Å². The molecule has 2 N–H and O–H groups in total. The van der Waals surface area contributed by atoms with Gasteiger partial charge in [-0.15, -0.1) is 0 Å². The Morgan fingerprint density at radius 2 is 1.85 bits per heavy atom. The Morgan fingerprint density at radius 1 is 1.22 bits per heavy atom. The Morgan fingerprint density at radius 3 is 2.37 bits per heavy atom. The Kier molecular flexibility index (Phi) is 5.52. The molecule has 1 aliphatic rings. The smallest absolute Gasteiger partial charge is 0.253 e. The predicted molar refractivity (Wildman–Crippen MR) is 100 cm³/mol. The number of aromatic amines is 1. The van der Waals surface area contributed by atoms with Gasteiger partial charge >= 0.3 is 0 Å². The third kappa shape index (κ3) is 4.14. The number of nitrogens with zero attached hydrogens (tertiary/aromatic N) is 2. The third-order valence-corrected chi connectivity index (χ3v) is 6.55. The van der Waals surface area contributed by atoms with Gasteiger partial charge in [-0.05, 0) is 51.0 Å².